The Bertz CT molecular complexity index is 771. The van der Waals surface area contributed by atoms with Gasteiger partial charge in [-0.25, -0.2) is 4.98 Å². The summed E-state index contributed by atoms with van der Waals surface area (Å²) in [6.07, 6.45) is -1.24. The molecule has 0 aromatic carbocycles. The van der Waals surface area contributed by atoms with E-state index in [1.54, 1.807) is 7.05 Å². The van der Waals surface area contributed by atoms with Crippen molar-refractivity contribution in [1.29, 1.82) is 0 Å². The second kappa shape index (κ2) is 9.92. The van der Waals surface area contributed by atoms with E-state index in [1.807, 2.05) is 6.92 Å². The monoisotopic (exact) mass is 425 g/mol. The lowest BCUT2D eigenvalue weighted by Crippen LogP contribution is -2.37. The lowest BCUT2D eigenvalue weighted by molar-refractivity contribution is -0.141. The average molecular weight is 426 g/mol. The average Bonchev–Trinajstić information content (AvgIpc) is 3.37. The van der Waals surface area contributed by atoms with E-state index in [1.165, 1.54) is 6.07 Å². The standard InChI is InChI=1S/C23H34F3N3O/c1-13(2)7-8-16(11-14(3)4)22(30)29-21(27-6)17-9-10-19(23(24,25)26)28-20(17)18-12-15(18)5/h9-10,13-16,18H,7-8,11-12H2,1-6H3,(H,27,29,30). The molecule has 1 aromatic rings. The molecular weight excluding hydrogens is 391 g/mol. The summed E-state index contributed by atoms with van der Waals surface area (Å²) >= 11 is 0. The van der Waals surface area contributed by atoms with Crippen molar-refractivity contribution in [2.75, 3.05) is 7.05 Å². The number of nitrogens with zero attached hydrogens (tertiary/aromatic N) is 2. The van der Waals surface area contributed by atoms with Crippen LogP contribution >= 0.6 is 0 Å². The first kappa shape index (κ1) is 24.4. The van der Waals surface area contributed by atoms with Crippen molar-refractivity contribution in [3.8, 4) is 0 Å². The number of amidine groups is 1. The van der Waals surface area contributed by atoms with Crippen LogP contribution in [0.1, 0.15) is 83.2 Å². The number of amides is 1. The van der Waals surface area contributed by atoms with Crippen LogP contribution in [0.5, 0.6) is 0 Å². The van der Waals surface area contributed by atoms with Gasteiger partial charge in [-0.1, -0.05) is 41.0 Å². The number of nitrogens with one attached hydrogen (secondary N) is 1. The smallest absolute Gasteiger partial charge is 0.310 e. The molecule has 0 bridgehead atoms. The first-order chi connectivity index (χ1) is 13.9. The molecule has 1 amide bonds. The van der Waals surface area contributed by atoms with E-state index in [2.05, 4.69) is 43.0 Å². The van der Waals surface area contributed by atoms with E-state index in [0.29, 0.717) is 28.9 Å². The third-order valence-electron chi connectivity index (χ3n) is 5.62. The van der Waals surface area contributed by atoms with Gasteiger partial charge in [0.05, 0.1) is 5.69 Å². The summed E-state index contributed by atoms with van der Waals surface area (Å²) in [7, 11) is 1.54. The lowest BCUT2D eigenvalue weighted by Gasteiger charge is -2.21. The van der Waals surface area contributed by atoms with Crippen LogP contribution < -0.4 is 5.32 Å². The van der Waals surface area contributed by atoms with E-state index in [4.69, 9.17) is 0 Å². The fourth-order valence-electron chi connectivity index (χ4n) is 3.74. The van der Waals surface area contributed by atoms with Crippen LogP contribution in [0.4, 0.5) is 13.2 Å². The summed E-state index contributed by atoms with van der Waals surface area (Å²) in [4.78, 5) is 21.2. The molecule has 0 spiro atoms. The van der Waals surface area contributed by atoms with Crippen molar-refractivity contribution in [2.45, 2.75) is 72.4 Å². The zero-order chi connectivity index (χ0) is 22.6. The summed E-state index contributed by atoms with van der Waals surface area (Å²) in [5, 5.41) is 2.90. The zero-order valence-corrected chi connectivity index (χ0v) is 18.8. The molecule has 1 saturated carbocycles. The van der Waals surface area contributed by atoms with Crippen LogP contribution in [0.3, 0.4) is 0 Å². The third-order valence-corrected chi connectivity index (χ3v) is 5.62. The van der Waals surface area contributed by atoms with Gasteiger partial charge in [-0.15, -0.1) is 0 Å². The summed E-state index contributed by atoms with van der Waals surface area (Å²) in [6, 6.07) is 2.36. The van der Waals surface area contributed by atoms with Gasteiger partial charge in [0.1, 0.15) is 11.5 Å². The van der Waals surface area contributed by atoms with E-state index >= 15 is 0 Å². The largest absolute Gasteiger partial charge is 0.433 e. The van der Waals surface area contributed by atoms with Crippen LogP contribution in [-0.2, 0) is 11.0 Å². The fourth-order valence-corrected chi connectivity index (χ4v) is 3.74. The molecule has 1 aliphatic rings. The topological polar surface area (TPSA) is 54.4 Å². The number of carbonyl (C=O) groups is 1. The highest BCUT2D eigenvalue weighted by atomic mass is 19.4. The number of aliphatic imine (C=N–C) groups is 1. The van der Waals surface area contributed by atoms with Crippen LogP contribution in [0.2, 0.25) is 0 Å². The summed E-state index contributed by atoms with van der Waals surface area (Å²) in [6.45, 7) is 10.4. The van der Waals surface area contributed by atoms with Gasteiger partial charge in [0.25, 0.3) is 0 Å². The highest BCUT2D eigenvalue weighted by molar-refractivity contribution is 6.09. The van der Waals surface area contributed by atoms with Gasteiger partial charge < -0.3 is 5.32 Å². The minimum Gasteiger partial charge on any atom is -0.310 e. The Morgan fingerprint density at radius 3 is 2.30 bits per heavy atom. The summed E-state index contributed by atoms with van der Waals surface area (Å²) < 4.78 is 39.6. The summed E-state index contributed by atoms with van der Waals surface area (Å²) in [5.41, 5.74) is -0.0436. The quantitative estimate of drug-likeness (QED) is 0.422. The van der Waals surface area contributed by atoms with Crippen molar-refractivity contribution in [3.05, 3.63) is 29.1 Å². The lowest BCUT2D eigenvalue weighted by atomic mass is 9.89. The maximum Gasteiger partial charge on any atom is 0.433 e. The van der Waals surface area contributed by atoms with Gasteiger partial charge in [-0.3, -0.25) is 9.79 Å². The molecule has 1 aromatic heterocycles. The number of hydrogen-bond donors (Lipinski definition) is 1. The van der Waals surface area contributed by atoms with Gasteiger partial charge in [0.15, 0.2) is 0 Å². The van der Waals surface area contributed by atoms with Crippen LogP contribution in [0.25, 0.3) is 0 Å². The van der Waals surface area contributed by atoms with Crippen LogP contribution in [-0.4, -0.2) is 23.8 Å². The molecule has 0 aliphatic heterocycles. The molecule has 1 fully saturated rings. The highest BCUT2D eigenvalue weighted by Gasteiger charge is 2.40. The van der Waals surface area contributed by atoms with Crippen molar-refractivity contribution < 1.29 is 18.0 Å². The van der Waals surface area contributed by atoms with Crippen molar-refractivity contribution >= 4 is 11.7 Å². The fraction of sp³-hybridized carbons (Fsp3) is 0.696. The second-order valence-corrected chi connectivity index (χ2v) is 9.31. The van der Waals surface area contributed by atoms with Gasteiger partial charge in [-0.2, -0.15) is 13.2 Å². The minimum atomic E-state index is -4.50. The predicted molar refractivity (Wildman–Crippen MR) is 113 cm³/mol. The van der Waals surface area contributed by atoms with Gasteiger partial charge >= 0.3 is 6.18 Å². The maximum atomic E-state index is 13.2. The number of halogens is 3. The molecule has 3 atom stereocenters. The van der Waals surface area contributed by atoms with E-state index in [9.17, 15) is 18.0 Å². The molecule has 3 unspecified atom stereocenters. The van der Waals surface area contributed by atoms with Gasteiger partial charge in [-0.05, 0) is 49.1 Å². The van der Waals surface area contributed by atoms with Crippen LogP contribution in [0, 0.1) is 23.7 Å². The Labute approximate surface area is 177 Å². The number of alkyl halides is 3. The predicted octanol–water partition coefficient (Wildman–Crippen LogP) is 5.81. The number of hydrogen-bond acceptors (Lipinski definition) is 3. The Morgan fingerprint density at radius 1 is 1.20 bits per heavy atom. The van der Waals surface area contributed by atoms with Crippen molar-refractivity contribution in [1.82, 2.24) is 10.3 Å². The first-order valence-corrected chi connectivity index (χ1v) is 10.8. The molecule has 0 saturated heterocycles. The molecule has 1 aliphatic carbocycles. The molecular formula is C23H34F3N3O. The zero-order valence-electron chi connectivity index (χ0n) is 18.8. The first-order valence-electron chi connectivity index (χ1n) is 10.8. The minimum absolute atomic E-state index is 0.0386. The Kier molecular flexibility index (Phi) is 8.06. The normalized spacial score (nSPS) is 20.6. The number of carbonyl (C=O) groups excluding carboxylic acids is 1. The van der Waals surface area contributed by atoms with Gasteiger partial charge in [0, 0.05) is 24.4 Å². The number of aromatic nitrogens is 1. The Hall–Kier alpha value is -1.92. The molecule has 1 heterocycles. The third kappa shape index (κ3) is 6.54. The Balaban J connectivity index is 2.29. The summed E-state index contributed by atoms with van der Waals surface area (Å²) in [5.74, 6) is 1.11. The maximum absolute atomic E-state index is 13.2. The molecule has 4 nitrogen and oxygen atoms in total. The van der Waals surface area contributed by atoms with Gasteiger partial charge in [0.2, 0.25) is 5.91 Å². The molecule has 1 N–H and O–H groups in total. The molecule has 2 rings (SSSR count). The second-order valence-electron chi connectivity index (χ2n) is 9.31. The number of rotatable bonds is 8. The Morgan fingerprint density at radius 2 is 1.83 bits per heavy atom. The van der Waals surface area contributed by atoms with Crippen LogP contribution in [0.15, 0.2) is 17.1 Å². The molecule has 168 valence electrons. The van der Waals surface area contributed by atoms with E-state index in [0.717, 1.165) is 31.7 Å². The van der Waals surface area contributed by atoms with Crippen molar-refractivity contribution in [2.24, 2.45) is 28.7 Å². The van der Waals surface area contributed by atoms with E-state index < -0.39 is 11.9 Å². The van der Waals surface area contributed by atoms with E-state index in [-0.39, 0.29) is 23.7 Å². The molecule has 7 heteroatoms. The highest BCUT2D eigenvalue weighted by Crippen LogP contribution is 2.48. The SMILES string of the molecule is CN=C(NC(=O)C(CCC(C)C)CC(C)C)c1ccc(C(F)(F)F)nc1C1CC1C. The molecule has 0 radical (unpaired) electrons. The molecule has 30 heavy (non-hydrogen) atoms. The number of pyridine rings is 1. The van der Waals surface area contributed by atoms with Crippen molar-refractivity contribution in [3.63, 3.8) is 0 Å².